The third-order valence-electron chi connectivity index (χ3n) is 11.6. The molecule has 0 bridgehead atoms. The van der Waals surface area contributed by atoms with Gasteiger partial charge in [-0.25, -0.2) is 0 Å². The van der Waals surface area contributed by atoms with Crippen LogP contribution < -0.4 is 16.0 Å². The van der Waals surface area contributed by atoms with Crippen LogP contribution in [0.3, 0.4) is 0 Å². The van der Waals surface area contributed by atoms with Crippen LogP contribution in [0.15, 0.2) is 24.4 Å². The zero-order valence-electron chi connectivity index (χ0n) is 30.2. The van der Waals surface area contributed by atoms with Gasteiger partial charge in [-0.2, -0.15) is 0 Å². The molecule has 1 unspecified atom stereocenters. The number of nitrogens with zero attached hydrogens (tertiary/aromatic N) is 2. The van der Waals surface area contributed by atoms with Crippen molar-refractivity contribution in [3.63, 3.8) is 0 Å². The van der Waals surface area contributed by atoms with E-state index in [9.17, 15) is 29.1 Å². The van der Waals surface area contributed by atoms with Crippen molar-refractivity contribution in [2.45, 2.75) is 136 Å². The van der Waals surface area contributed by atoms with Crippen molar-refractivity contribution in [1.29, 1.82) is 0 Å². The largest absolute Gasteiger partial charge is 0.383 e. The molecular weight excluding hydrogens is 622 g/mol. The second-order valence-corrected chi connectivity index (χ2v) is 16.7. The van der Waals surface area contributed by atoms with Crippen molar-refractivity contribution in [2.24, 2.45) is 34.5 Å². The number of piperidine rings is 1. The number of pyridine rings is 1. The number of aliphatic hydroxyl groups excluding tert-OH is 1. The molecule has 49 heavy (non-hydrogen) atoms. The minimum Gasteiger partial charge on any atom is -0.383 e. The molecule has 11 heteroatoms. The van der Waals surface area contributed by atoms with Gasteiger partial charge in [0.2, 0.25) is 17.7 Å². The monoisotopic (exact) mass is 679 g/mol. The molecule has 0 spiro atoms. The van der Waals surface area contributed by atoms with Gasteiger partial charge in [-0.1, -0.05) is 73.3 Å². The summed E-state index contributed by atoms with van der Waals surface area (Å²) in [6, 6.07) is 1.70. The topological polar surface area (TPSA) is 158 Å². The van der Waals surface area contributed by atoms with E-state index in [1.54, 1.807) is 23.1 Å². The van der Waals surface area contributed by atoms with Gasteiger partial charge in [0.05, 0.1) is 6.04 Å². The molecule has 3 aliphatic carbocycles. The fourth-order valence-electron chi connectivity index (χ4n) is 8.28. The Hall–Kier alpha value is -3.34. The summed E-state index contributed by atoms with van der Waals surface area (Å²) in [7, 11) is 0. The maximum atomic E-state index is 14.6. The van der Waals surface area contributed by atoms with E-state index in [2.05, 4.69) is 34.8 Å². The molecule has 1 aliphatic heterocycles. The number of carbonyl (C=O) groups excluding carboxylic acids is 5. The summed E-state index contributed by atoms with van der Waals surface area (Å²) < 4.78 is 0. The van der Waals surface area contributed by atoms with E-state index in [4.69, 9.17) is 0 Å². The first kappa shape index (κ1) is 36.9. The Kier molecular flexibility index (Phi) is 11.2. The van der Waals surface area contributed by atoms with Gasteiger partial charge in [-0.05, 0) is 78.7 Å². The third kappa shape index (κ3) is 8.35. The van der Waals surface area contributed by atoms with E-state index < -0.39 is 47.5 Å². The summed E-state index contributed by atoms with van der Waals surface area (Å²) >= 11 is 0. The number of nitrogens with one attached hydrogen (secondary N) is 3. The predicted octanol–water partition coefficient (Wildman–Crippen LogP) is 3.79. The number of ketones is 1. The van der Waals surface area contributed by atoms with Crippen LogP contribution in [0.4, 0.5) is 0 Å². The van der Waals surface area contributed by atoms with Gasteiger partial charge in [0, 0.05) is 19.2 Å². The summed E-state index contributed by atoms with van der Waals surface area (Å²) in [4.78, 5) is 74.7. The zero-order valence-corrected chi connectivity index (χ0v) is 30.2. The Morgan fingerprint density at radius 1 is 1.00 bits per heavy atom. The van der Waals surface area contributed by atoms with E-state index in [1.807, 2.05) is 27.7 Å². The second-order valence-electron chi connectivity index (χ2n) is 16.7. The summed E-state index contributed by atoms with van der Waals surface area (Å²) in [6.07, 6.45) is 8.21. The lowest BCUT2D eigenvalue weighted by atomic mass is 9.82. The Morgan fingerprint density at radius 3 is 2.29 bits per heavy atom. The standard InChI is InChI=1S/C38H57N5O6/c1-7-13-25(31(45)27(44)20-22-17-18-22)40-35(48)30-28-24(38(28,5)6)21-43(30)36(49)32(37(2,3)4)42-34(47)29(23-14-9-8-10-15-23)41-33(46)26-16-11-12-19-39-26/h11-12,16,19,22-25,28-32,45H,7-10,13-15,17-18,20-21H2,1-6H3,(H,40,48)(H,41,46)(H,42,47)/t24-,25-,28-,29-,30-,31?,32+/m0/s1. The number of Topliss-reactive ketones (excluding diaryl/α,β-unsaturated/α-hetero) is 1. The van der Waals surface area contributed by atoms with Crippen molar-refractivity contribution in [3.8, 4) is 0 Å². The Morgan fingerprint density at radius 2 is 1.69 bits per heavy atom. The van der Waals surface area contributed by atoms with Gasteiger partial charge in [0.25, 0.3) is 5.91 Å². The van der Waals surface area contributed by atoms with E-state index in [0.717, 1.165) is 44.9 Å². The smallest absolute Gasteiger partial charge is 0.270 e. The lowest BCUT2D eigenvalue weighted by molar-refractivity contribution is -0.146. The van der Waals surface area contributed by atoms with Crippen LogP contribution in [0.2, 0.25) is 0 Å². The number of likely N-dealkylation sites (tertiary alicyclic amines) is 1. The molecule has 0 radical (unpaired) electrons. The maximum absolute atomic E-state index is 14.6. The van der Waals surface area contributed by atoms with Crippen LogP contribution in [0.25, 0.3) is 0 Å². The molecule has 5 rings (SSSR count). The number of fused-ring (bicyclic) bond motifs is 1. The maximum Gasteiger partial charge on any atom is 0.270 e. The van der Waals surface area contributed by atoms with Gasteiger partial charge < -0.3 is 26.0 Å². The molecule has 7 atom stereocenters. The van der Waals surface area contributed by atoms with Gasteiger partial charge in [0.1, 0.15) is 29.9 Å². The summed E-state index contributed by atoms with van der Waals surface area (Å²) in [6.45, 7) is 12.2. The Labute approximate surface area is 291 Å². The average Bonchev–Trinajstić information content (AvgIpc) is 3.92. The van der Waals surface area contributed by atoms with Gasteiger partial charge >= 0.3 is 0 Å². The molecule has 4 amide bonds. The minimum absolute atomic E-state index is 0.0815. The fourth-order valence-corrected chi connectivity index (χ4v) is 8.28. The predicted molar refractivity (Wildman–Crippen MR) is 185 cm³/mol. The quantitative estimate of drug-likeness (QED) is 0.233. The highest BCUT2D eigenvalue weighted by Gasteiger charge is 2.70. The molecule has 2 heterocycles. The van der Waals surface area contributed by atoms with Crippen LogP contribution in [0.1, 0.15) is 116 Å². The van der Waals surface area contributed by atoms with E-state index >= 15 is 0 Å². The van der Waals surface area contributed by atoms with Crippen molar-refractivity contribution < 1.29 is 29.1 Å². The molecule has 1 aromatic rings. The molecule has 11 nitrogen and oxygen atoms in total. The van der Waals surface area contributed by atoms with Gasteiger partial charge in [-0.15, -0.1) is 0 Å². The molecule has 1 saturated heterocycles. The fraction of sp³-hybridized carbons (Fsp3) is 0.737. The van der Waals surface area contributed by atoms with Crippen LogP contribution >= 0.6 is 0 Å². The number of carbonyl (C=O) groups is 5. The van der Waals surface area contributed by atoms with Crippen LogP contribution in [-0.4, -0.2) is 81.2 Å². The average molecular weight is 680 g/mol. The summed E-state index contributed by atoms with van der Waals surface area (Å²) in [5, 5.41) is 19.9. The van der Waals surface area contributed by atoms with Crippen molar-refractivity contribution >= 4 is 29.4 Å². The first-order valence-electron chi connectivity index (χ1n) is 18.5. The molecule has 270 valence electrons. The Bertz CT molecular complexity index is 1380. The first-order valence-corrected chi connectivity index (χ1v) is 18.5. The minimum atomic E-state index is -1.29. The summed E-state index contributed by atoms with van der Waals surface area (Å²) in [5.41, 5.74) is -0.649. The highest BCUT2D eigenvalue weighted by atomic mass is 16.3. The van der Waals surface area contributed by atoms with Crippen molar-refractivity contribution in [2.75, 3.05) is 6.54 Å². The van der Waals surface area contributed by atoms with Crippen molar-refractivity contribution in [3.05, 3.63) is 30.1 Å². The third-order valence-corrected chi connectivity index (χ3v) is 11.6. The zero-order chi connectivity index (χ0) is 35.7. The molecule has 4 N–H and O–H groups in total. The lowest BCUT2D eigenvalue weighted by Crippen LogP contribution is -2.63. The van der Waals surface area contributed by atoms with Crippen LogP contribution in [-0.2, 0) is 19.2 Å². The molecular formula is C38H57N5O6. The molecule has 4 aliphatic rings. The molecule has 3 saturated carbocycles. The number of amides is 4. The first-order chi connectivity index (χ1) is 23.1. The number of aliphatic hydroxyl groups is 1. The van der Waals surface area contributed by atoms with Gasteiger partial charge in [0.15, 0.2) is 5.78 Å². The second kappa shape index (κ2) is 14.9. The lowest BCUT2D eigenvalue weighted by Gasteiger charge is -2.39. The van der Waals surface area contributed by atoms with E-state index in [1.165, 1.54) is 6.20 Å². The molecule has 0 aromatic carbocycles. The summed E-state index contributed by atoms with van der Waals surface area (Å²) in [5.74, 6) is -1.56. The number of hydrogen-bond donors (Lipinski definition) is 4. The van der Waals surface area contributed by atoms with Crippen LogP contribution in [0, 0.1) is 34.5 Å². The van der Waals surface area contributed by atoms with Crippen LogP contribution in [0.5, 0.6) is 0 Å². The van der Waals surface area contributed by atoms with E-state index in [0.29, 0.717) is 31.7 Å². The van der Waals surface area contributed by atoms with Gasteiger partial charge in [-0.3, -0.25) is 29.0 Å². The molecule has 4 fully saturated rings. The number of rotatable bonds is 14. The highest BCUT2D eigenvalue weighted by Crippen LogP contribution is 2.65. The SMILES string of the molecule is CCC[C@H](NC(=O)[C@@H]1[C@@H]2[C@H](CN1C(=O)[C@@H](NC(=O)[C@@H](NC(=O)c1ccccn1)C1CCCCC1)C(C)(C)C)C2(C)C)C(O)C(=O)CC1CC1. The Balaban J connectivity index is 1.35. The van der Waals surface area contributed by atoms with E-state index in [-0.39, 0.29) is 46.5 Å². The molecule has 1 aromatic heterocycles. The normalized spacial score (nSPS) is 25.7. The number of aromatic nitrogens is 1. The van der Waals surface area contributed by atoms with Crippen molar-refractivity contribution in [1.82, 2.24) is 25.8 Å². The highest BCUT2D eigenvalue weighted by molar-refractivity contribution is 5.98. The number of hydrogen-bond acceptors (Lipinski definition) is 7.